The number of aromatic hydroxyl groups is 1. The van der Waals surface area contributed by atoms with Crippen LogP contribution in [-0.4, -0.2) is 26.7 Å². The van der Waals surface area contributed by atoms with Crippen LogP contribution in [0.25, 0.3) is 10.6 Å². The number of nitrogens with zero attached hydrogens (tertiary/aromatic N) is 3. The first-order chi connectivity index (χ1) is 12.0. The van der Waals surface area contributed by atoms with Crippen molar-refractivity contribution in [3.8, 4) is 16.3 Å². The molecule has 0 saturated heterocycles. The van der Waals surface area contributed by atoms with Crippen LogP contribution in [0.2, 0.25) is 0 Å². The van der Waals surface area contributed by atoms with E-state index in [0.717, 1.165) is 21.1 Å². The number of aromatic nitrogens is 2. The van der Waals surface area contributed by atoms with Gasteiger partial charge in [-0.2, -0.15) is 5.10 Å². The number of phenols is 1. The van der Waals surface area contributed by atoms with E-state index in [0.29, 0.717) is 11.3 Å². The highest BCUT2D eigenvalue weighted by Crippen LogP contribution is 2.29. The van der Waals surface area contributed by atoms with Crippen LogP contribution in [0.3, 0.4) is 0 Å². The lowest BCUT2D eigenvalue weighted by molar-refractivity contribution is 0.0954. The number of hydrogen-bond acceptors (Lipinski definition) is 6. The van der Waals surface area contributed by atoms with Gasteiger partial charge < -0.3 is 5.11 Å². The molecule has 3 rings (SSSR count). The van der Waals surface area contributed by atoms with Crippen molar-refractivity contribution in [1.29, 1.82) is 0 Å². The van der Waals surface area contributed by atoms with Gasteiger partial charge in [0, 0.05) is 23.5 Å². The number of benzene rings is 1. The zero-order chi connectivity index (χ0) is 17.8. The summed E-state index contributed by atoms with van der Waals surface area (Å²) < 4.78 is 0. The number of nitrogens with one attached hydrogen (secondary N) is 1. The molecule has 126 valence electrons. The Morgan fingerprint density at radius 1 is 1.16 bits per heavy atom. The van der Waals surface area contributed by atoms with Gasteiger partial charge in [0.05, 0.1) is 16.3 Å². The molecule has 2 heterocycles. The average molecular weight is 352 g/mol. The molecule has 0 bridgehead atoms. The largest absolute Gasteiger partial charge is 0.508 e. The molecule has 1 aromatic carbocycles. The summed E-state index contributed by atoms with van der Waals surface area (Å²) >= 11 is 1.49. The Bertz CT molecular complexity index is 918. The number of carbonyl (C=O) groups is 1. The minimum Gasteiger partial charge on any atom is -0.508 e. The van der Waals surface area contributed by atoms with Crippen LogP contribution < -0.4 is 5.43 Å². The summed E-state index contributed by atoms with van der Waals surface area (Å²) in [5.41, 5.74) is 5.49. The fraction of sp³-hybridized carbons (Fsp3) is 0.111. The second kappa shape index (κ2) is 7.23. The van der Waals surface area contributed by atoms with Crippen molar-refractivity contribution in [1.82, 2.24) is 15.4 Å². The lowest BCUT2D eigenvalue weighted by atomic mass is 10.2. The number of thiazole rings is 1. The normalized spacial score (nSPS) is 11.4. The van der Waals surface area contributed by atoms with Crippen LogP contribution in [0.15, 0.2) is 53.9 Å². The first-order valence-corrected chi connectivity index (χ1v) is 8.38. The predicted molar refractivity (Wildman–Crippen MR) is 97.9 cm³/mol. The van der Waals surface area contributed by atoms with Crippen LogP contribution in [-0.2, 0) is 0 Å². The van der Waals surface area contributed by atoms with Gasteiger partial charge in [-0.3, -0.25) is 9.78 Å². The van der Waals surface area contributed by atoms with E-state index in [1.54, 1.807) is 36.7 Å². The molecule has 2 N–H and O–H groups in total. The van der Waals surface area contributed by atoms with Crippen LogP contribution in [0.5, 0.6) is 5.75 Å². The first-order valence-electron chi connectivity index (χ1n) is 7.56. The Kier molecular flexibility index (Phi) is 4.85. The molecule has 1 amide bonds. The summed E-state index contributed by atoms with van der Waals surface area (Å²) in [6, 6.07) is 10.1. The number of aryl methyl sites for hydroxylation is 1. The Hall–Kier alpha value is -3.06. The van der Waals surface area contributed by atoms with Crippen molar-refractivity contribution in [2.75, 3.05) is 0 Å². The zero-order valence-electron chi connectivity index (χ0n) is 13.7. The molecular weight excluding hydrogens is 336 g/mol. The van der Waals surface area contributed by atoms with E-state index in [2.05, 4.69) is 20.5 Å². The highest BCUT2D eigenvalue weighted by atomic mass is 32.1. The lowest BCUT2D eigenvalue weighted by Gasteiger charge is -2.01. The summed E-state index contributed by atoms with van der Waals surface area (Å²) in [6.07, 6.45) is 3.12. The summed E-state index contributed by atoms with van der Waals surface area (Å²) in [4.78, 5) is 21.4. The van der Waals surface area contributed by atoms with Crippen molar-refractivity contribution in [2.45, 2.75) is 13.8 Å². The van der Waals surface area contributed by atoms with Gasteiger partial charge in [-0.25, -0.2) is 10.4 Å². The second-order valence-electron chi connectivity index (χ2n) is 5.35. The molecule has 0 aliphatic heterocycles. The summed E-state index contributed by atoms with van der Waals surface area (Å²) in [7, 11) is 0. The molecule has 0 radical (unpaired) electrons. The number of hydrazone groups is 1. The standard InChI is InChI=1S/C18H16N4O2S/c1-11-16(25-18(20-11)14-3-5-15(23)6-4-14)12(2)21-22-17(24)13-7-9-19-10-8-13/h3-10,23H,1-2H3,(H,22,24)/b21-12+. The molecule has 0 fully saturated rings. The average Bonchev–Trinajstić information content (AvgIpc) is 3.02. The smallest absolute Gasteiger partial charge is 0.271 e. The Balaban J connectivity index is 1.79. The Morgan fingerprint density at radius 2 is 1.84 bits per heavy atom. The van der Waals surface area contributed by atoms with Crippen molar-refractivity contribution in [2.24, 2.45) is 5.10 Å². The number of rotatable bonds is 4. The van der Waals surface area contributed by atoms with E-state index in [1.165, 1.54) is 11.3 Å². The van der Waals surface area contributed by atoms with E-state index in [9.17, 15) is 9.90 Å². The van der Waals surface area contributed by atoms with Crippen LogP contribution in [0.1, 0.15) is 27.9 Å². The molecule has 0 aliphatic carbocycles. The third-order valence-corrected chi connectivity index (χ3v) is 4.82. The molecule has 0 aliphatic rings. The minimum absolute atomic E-state index is 0.216. The second-order valence-corrected chi connectivity index (χ2v) is 6.35. The Morgan fingerprint density at radius 3 is 2.52 bits per heavy atom. The minimum atomic E-state index is -0.289. The van der Waals surface area contributed by atoms with E-state index in [4.69, 9.17) is 0 Å². The highest BCUT2D eigenvalue weighted by Gasteiger charge is 2.12. The molecule has 0 saturated carbocycles. The van der Waals surface area contributed by atoms with Crippen LogP contribution in [0.4, 0.5) is 0 Å². The molecule has 7 heteroatoms. The summed E-state index contributed by atoms with van der Waals surface area (Å²) in [6.45, 7) is 3.73. The number of pyridine rings is 1. The van der Waals surface area contributed by atoms with E-state index in [1.807, 2.05) is 26.0 Å². The van der Waals surface area contributed by atoms with Gasteiger partial charge in [-0.1, -0.05) is 0 Å². The first kappa shape index (κ1) is 16.8. The number of carbonyl (C=O) groups excluding carboxylic acids is 1. The molecule has 0 unspecified atom stereocenters. The Labute approximate surface area is 148 Å². The van der Waals surface area contributed by atoms with Gasteiger partial charge >= 0.3 is 0 Å². The molecule has 0 atom stereocenters. The van der Waals surface area contributed by atoms with Crippen molar-refractivity contribution in [3.63, 3.8) is 0 Å². The number of amides is 1. The van der Waals surface area contributed by atoms with Gasteiger partial charge in [-0.05, 0) is 50.2 Å². The maximum Gasteiger partial charge on any atom is 0.271 e. The topological polar surface area (TPSA) is 87.5 Å². The fourth-order valence-electron chi connectivity index (χ4n) is 2.21. The van der Waals surface area contributed by atoms with E-state index >= 15 is 0 Å². The van der Waals surface area contributed by atoms with Crippen molar-refractivity contribution < 1.29 is 9.90 Å². The molecule has 0 spiro atoms. The maximum atomic E-state index is 12.0. The third kappa shape index (κ3) is 3.89. The lowest BCUT2D eigenvalue weighted by Crippen LogP contribution is -2.19. The molecule has 25 heavy (non-hydrogen) atoms. The van der Waals surface area contributed by atoms with E-state index in [-0.39, 0.29) is 11.7 Å². The van der Waals surface area contributed by atoms with E-state index < -0.39 is 0 Å². The molecule has 6 nitrogen and oxygen atoms in total. The molecule has 2 aromatic heterocycles. The van der Waals surface area contributed by atoms with Gasteiger partial charge in [0.2, 0.25) is 0 Å². The fourth-order valence-corrected chi connectivity index (χ4v) is 3.23. The maximum absolute atomic E-state index is 12.0. The SMILES string of the molecule is C/C(=N\NC(=O)c1ccncc1)c1sc(-c2ccc(O)cc2)nc1C. The predicted octanol–water partition coefficient (Wildman–Crippen LogP) is 3.37. The van der Waals surface area contributed by atoms with Crippen molar-refractivity contribution in [3.05, 3.63) is 64.9 Å². The van der Waals surface area contributed by atoms with Crippen LogP contribution >= 0.6 is 11.3 Å². The third-order valence-electron chi connectivity index (χ3n) is 3.51. The molecule has 3 aromatic rings. The highest BCUT2D eigenvalue weighted by molar-refractivity contribution is 7.17. The molecular formula is C18H16N4O2S. The number of phenolic OH excluding ortho intramolecular Hbond substituents is 1. The monoisotopic (exact) mass is 352 g/mol. The van der Waals surface area contributed by atoms with Gasteiger partial charge in [-0.15, -0.1) is 11.3 Å². The zero-order valence-corrected chi connectivity index (χ0v) is 14.5. The number of hydrogen-bond donors (Lipinski definition) is 2. The summed E-state index contributed by atoms with van der Waals surface area (Å²) in [5, 5.41) is 14.4. The quantitative estimate of drug-likeness (QED) is 0.557. The van der Waals surface area contributed by atoms with Gasteiger partial charge in [0.1, 0.15) is 10.8 Å². The van der Waals surface area contributed by atoms with Gasteiger partial charge in [0.25, 0.3) is 5.91 Å². The van der Waals surface area contributed by atoms with Gasteiger partial charge in [0.15, 0.2) is 0 Å². The van der Waals surface area contributed by atoms with Crippen LogP contribution in [0, 0.1) is 6.92 Å². The summed E-state index contributed by atoms with van der Waals surface area (Å²) in [5.74, 6) is -0.0727. The van der Waals surface area contributed by atoms with Crippen molar-refractivity contribution >= 4 is 23.0 Å².